The van der Waals surface area contributed by atoms with Crippen LogP contribution in [0.4, 0.5) is 0 Å². The topological polar surface area (TPSA) is 17.3 Å². The summed E-state index contributed by atoms with van der Waals surface area (Å²) in [5, 5.41) is 0. The number of halogens is 1. The van der Waals surface area contributed by atoms with E-state index in [1.54, 1.807) is 0 Å². The van der Waals surface area contributed by atoms with Crippen LogP contribution in [0, 0.1) is 5.92 Å². The van der Waals surface area contributed by atoms with Crippen molar-refractivity contribution in [3.05, 3.63) is 34.7 Å². The van der Waals surface area contributed by atoms with Crippen molar-refractivity contribution in [2.75, 3.05) is 11.5 Å². The van der Waals surface area contributed by atoms with Crippen LogP contribution >= 0.6 is 27.7 Å². The third-order valence-corrected chi connectivity index (χ3v) is 5.00. The van der Waals surface area contributed by atoms with E-state index in [-0.39, 0.29) is 0 Å². The molecule has 2 aromatic rings. The molecule has 0 N–H and O–H groups in total. The Balaban J connectivity index is 1.80. The van der Waals surface area contributed by atoms with Crippen LogP contribution in [0.1, 0.15) is 18.5 Å². The van der Waals surface area contributed by atoms with Crippen LogP contribution < -0.4 is 0 Å². The fourth-order valence-corrected chi connectivity index (χ4v) is 3.85. The third-order valence-electron chi connectivity index (χ3n) is 3.22. The van der Waals surface area contributed by atoms with Crippen molar-refractivity contribution in [1.29, 1.82) is 0 Å². The zero-order chi connectivity index (χ0) is 11.7. The van der Waals surface area contributed by atoms with Gasteiger partial charge in [0, 0.05) is 16.9 Å². The van der Waals surface area contributed by atoms with E-state index in [1.165, 1.54) is 30.0 Å². The van der Waals surface area contributed by atoms with E-state index in [0.717, 1.165) is 22.5 Å². The molecule has 0 aromatic carbocycles. The standard InChI is InChI=1S/C13H15BrN2S/c14-11-3-4-16-8-12(15-13(16)7-11)6-10-2-1-5-17-9-10/h3-4,7-8,10H,1-2,5-6,9H2. The quantitative estimate of drug-likeness (QED) is 0.839. The summed E-state index contributed by atoms with van der Waals surface area (Å²) < 4.78 is 3.20. The van der Waals surface area contributed by atoms with Crippen LogP contribution in [0.5, 0.6) is 0 Å². The van der Waals surface area contributed by atoms with Crippen LogP contribution in [-0.2, 0) is 6.42 Å². The number of nitrogens with zero attached hydrogens (tertiary/aromatic N) is 2. The van der Waals surface area contributed by atoms with Gasteiger partial charge in [0.25, 0.3) is 0 Å². The fraction of sp³-hybridized carbons (Fsp3) is 0.462. The molecule has 2 nitrogen and oxygen atoms in total. The van der Waals surface area contributed by atoms with E-state index in [4.69, 9.17) is 4.98 Å². The number of imidazole rings is 1. The molecule has 0 radical (unpaired) electrons. The number of hydrogen-bond donors (Lipinski definition) is 0. The van der Waals surface area contributed by atoms with Gasteiger partial charge in [0.05, 0.1) is 5.69 Å². The molecule has 0 saturated carbocycles. The minimum atomic E-state index is 0.821. The van der Waals surface area contributed by atoms with Gasteiger partial charge in [0.2, 0.25) is 0 Å². The van der Waals surface area contributed by atoms with E-state index in [9.17, 15) is 0 Å². The number of thioether (sulfide) groups is 1. The lowest BCUT2D eigenvalue weighted by molar-refractivity contribution is 0.516. The second-order valence-electron chi connectivity index (χ2n) is 4.63. The van der Waals surface area contributed by atoms with Gasteiger partial charge in [0.1, 0.15) is 5.65 Å². The molecule has 4 heteroatoms. The summed E-state index contributed by atoms with van der Waals surface area (Å²) in [6.45, 7) is 0. The van der Waals surface area contributed by atoms with E-state index >= 15 is 0 Å². The highest BCUT2D eigenvalue weighted by molar-refractivity contribution is 9.10. The molecule has 0 spiro atoms. The van der Waals surface area contributed by atoms with Gasteiger partial charge >= 0.3 is 0 Å². The summed E-state index contributed by atoms with van der Waals surface area (Å²) in [4.78, 5) is 4.69. The molecule has 0 amide bonds. The van der Waals surface area contributed by atoms with Crippen molar-refractivity contribution in [3.63, 3.8) is 0 Å². The van der Waals surface area contributed by atoms with Gasteiger partial charge in [-0.2, -0.15) is 11.8 Å². The monoisotopic (exact) mass is 310 g/mol. The third kappa shape index (κ3) is 2.68. The Morgan fingerprint density at radius 3 is 3.29 bits per heavy atom. The molecule has 90 valence electrons. The molecule has 3 rings (SSSR count). The van der Waals surface area contributed by atoms with Crippen LogP contribution in [-0.4, -0.2) is 20.9 Å². The molecule has 3 heterocycles. The zero-order valence-electron chi connectivity index (χ0n) is 9.60. The number of hydrogen-bond acceptors (Lipinski definition) is 2. The minimum Gasteiger partial charge on any atom is -0.307 e. The molecule has 1 fully saturated rings. The van der Waals surface area contributed by atoms with Crippen molar-refractivity contribution in [2.45, 2.75) is 19.3 Å². The second-order valence-corrected chi connectivity index (χ2v) is 6.70. The van der Waals surface area contributed by atoms with Gasteiger partial charge in [0.15, 0.2) is 0 Å². The molecule has 2 aromatic heterocycles. The molecule has 1 unspecified atom stereocenters. The Bertz CT molecular complexity index is 517. The molecule has 1 atom stereocenters. The predicted molar refractivity (Wildman–Crippen MR) is 76.6 cm³/mol. The summed E-state index contributed by atoms with van der Waals surface area (Å²) >= 11 is 5.57. The van der Waals surface area contributed by atoms with Gasteiger partial charge in [-0.1, -0.05) is 15.9 Å². The van der Waals surface area contributed by atoms with E-state index in [0.29, 0.717) is 0 Å². The van der Waals surface area contributed by atoms with Crippen molar-refractivity contribution >= 4 is 33.3 Å². The molecule has 1 saturated heterocycles. The largest absolute Gasteiger partial charge is 0.307 e. The Morgan fingerprint density at radius 2 is 2.47 bits per heavy atom. The maximum Gasteiger partial charge on any atom is 0.138 e. The lowest BCUT2D eigenvalue weighted by Crippen LogP contribution is -2.13. The molecule has 0 bridgehead atoms. The van der Waals surface area contributed by atoms with Crippen LogP contribution in [0.25, 0.3) is 5.65 Å². The molecule has 1 aliphatic rings. The summed E-state index contributed by atoms with van der Waals surface area (Å²) in [6, 6.07) is 4.12. The van der Waals surface area contributed by atoms with Gasteiger partial charge in [-0.25, -0.2) is 4.98 Å². The number of fused-ring (bicyclic) bond motifs is 1. The maximum absolute atomic E-state index is 4.69. The summed E-state index contributed by atoms with van der Waals surface area (Å²) in [5.41, 5.74) is 2.27. The normalized spacial score (nSPS) is 20.9. The molecule has 1 aliphatic heterocycles. The van der Waals surface area contributed by atoms with Crippen molar-refractivity contribution in [1.82, 2.24) is 9.38 Å². The van der Waals surface area contributed by atoms with Crippen LogP contribution in [0.2, 0.25) is 0 Å². The Hall–Kier alpha value is -0.480. The van der Waals surface area contributed by atoms with E-state index in [1.807, 2.05) is 0 Å². The van der Waals surface area contributed by atoms with Crippen LogP contribution in [0.15, 0.2) is 29.0 Å². The lowest BCUT2D eigenvalue weighted by atomic mass is 10.00. The first-order valence-electron chi connectivity index (χ1n) is 6.02. The number of pyridine rings is 1. The first kappa shape index (κ1) is 11.6. The average molecular weight is 311 g/mol. The average Bonchev–Trinajstić information content (AvgIpc) is 2.71. The van der Waals surface area contributed by atoms with Gasteiger partial charge in [-0.05, 0) is 48.8 Å². The predicted octanol–water partition coefficient (Wildman–Crippen LogP) is 3.78. The fourth-order valence-electron chi connectivity index (χ4n) is 2.37. The summed E-state index contributed by atoms with van der Waals surface area (Å²) in [5.74, 6) is 3.47. The SMILES string of the molecule is Brc1ccn2cc(CC3CCCSC3)nc2c1. The Morgan fingerprint density at radius 1 is 1.53 bits per heavy atom. The van der Waals surface area contributed by atoms with Gasteiger partial charge in [-0.3, -0.25) is 0 Å². The highest BCUT2D eigenvalue weighted by Gasteiger charge is 2.15. The first-order chi connectivity index (χ1) is 8.31. The molecular formula is C13H15BrN2S. The van der Waals surface area contributed by atoms with E-state index < -0.39 is 0 Å². The lowest BCUT2D eigenvalue weighted by Gasteiger charge is -2.19. The Labute approximate surface area is 114 Å². The Kier molecular flexibility index (Phi) is 3.43. The number of aromatic nitrogens is 2. The van der Waals surface area contributed by atoms with Gasteiger partial charge in [-0.15, -0.1) is 0 Å². The molecule has 0 aliphatic carbocycles. The molecule has 17 heavy (non-hydrogen) atoms. The maximum atomic E-state index is 4.69. The smallest absolute Gasteiger partial charge is 0.138 e. The van der Waals surface area contributed by atoms with Gasteiger partial charge < -0.3 is 4.40 Å². The van der Waals surface area contributed by atoms with Crippen molar-refractivity contribution < 1.29 is 0 Å². The van der Waals surface area contributed by atoms with Crippen molar-refractivity contribution in [3.8, 4) is 0 Å². The highest BCUT2D eigenvalue weighted by atomic mass is 79.9. The number of rotatable bonds is 2. The minimum absolute atomic E-state index is 0.821. The summed E-state index contributed by atoms with van der Waals surface area (Å²) in [6.07, 6.45) is 8.09. The highest BCUT2D eigenvalue weighted by Crippen LogP contribution is 2.25. The van der Waals surface area contributed by atoms with Crippen molar-refractivity contribution in [2.24, 2.45) is 5.92 Å². The molecular weight excluding hydrogens is 296 g/mol. The first-order valence-corrected chi connectivity index (χ1v) is 7.97. The summed E-state index contributed by atoms with van der Waals surface area (Å²) in [7, 11) is 0. The van der Waals surface area contributed by atoms with E-state index in [2.05, 4.69) is 56.6 Å². The second kappa shape index (κ2) is 5.02. The van der Waals surface area contributed by atoms with Crippen LogP contribution in [0.3, 0.4) is 0 Å². The zero-order valence-corrected chi connectivity index (χ0v) is 12.0.